The van der Waals surface area contributed by atoms with Gasteiger partial charge in [-0.25, -0.2) is 0 Å². The van der Waals surface area contributed by atoms with Gasteiger partial charge >= 0.3 is 0 Å². The zero-order chi connectivity index (χ0) is 17.8. The summed E-state index contributed by atoms with van der Waals surface area (Å²) in [5, 5.41) is 0. The van der Waals surface area contributed by atoms with Crippen LogP contribution >= 0.6 is 0 Å². The molecule has 134 valence electrons. The Bertz CT molecular complexity index is 707. The fraction of sp³-hybridized carbons (Fsp3) is 0.421. The third kappa shape index (κ3) is 4.14. The molecule has 0 radical (unpaired) electrons. The van der Waals surface area contributed by atoms with E-state index in [4.69, 9.17) is 14.9 Å². The highest BCUT2D eigenvalue weighted by Crippen LogP contribution is 2.25. The maximum atomic E-state index is 12.9. The minimum absolute atomic E-state index is 0.0720. The molecule has 0 aliphatic carbocycles. The van der Waals surface area contributed by atoms with Crippen LogP contribution in [0.25, 0.3) is 0 Å². The van der Waals surface area contributed by atoms with Crippen molar-refractivity contribution in [3.05, 3.63) is 47.9 Å². The number of hydrogen-bond donors (Lipinski definition) is 1. The van der Waals surface area contributed by atoms with Crippen molar-refractivity contribution in [1.29, 1.82) is 0 Å². The Morgan fingerprint density at radius 1 is 1.32 bits per heavy atom. The second-order valence-corrected chi connectivity index (χ2v) is 6.58. The molecule has 1 aliphatic rings. The number of nitrogens with two attached hydrogens (primary N) is 1. The normalized spacial score (nSPS) is 16.8. The van der Waals surface area contributed by atoms with E-state index in [1.165, 1.54) is 6.26 Å². The smallest absolute Gasteiger partial charge is 0.289 e. The lowest BCUT2D eigenvalue weighted by atomic mass is 10.1. The number of furan rings is 1. The molecule has 1 aliphatic heterocycles. The predicted molar refractivity (Wildman–Crippen MR) is 97.6 cm³/mol. The van der Waals surface area contributed by atoms with Crippen molar-refractivity contribution >= 4 is 17.3 Å². The number of ether oxygens (including phenoxy) is 1. The maximum absolute atomic E-state index is 12.9. The summed E-state index contributed by atoms with van der Waals surface area (Å²) in [6.45, 7) is 1.76. The fourth-order valence-electron chi connectivity index (χ4n) is 3.18. The maximum Gasteiger partial charge on any atom is 0.289 e. The SMILES string of the molecule is CN(C)c1ccc(N)cc1CN(C[C@H]1CCCO1)C(=O)c1ccco1. The van der Waals surface area contributed by atoms with Crippen molar-refractivity contribution in [2.75, 3.05) is 37.9 Å². The van der Waals surface area contributed by atoms with Gasteiger partial charge in [-0.15, -0.1) is 0 Å². The van der Waals surface area contributed by atoms with Gasteiger partial charge in [-0.05, 0) is 48.7 Å². The molecule has 1 atom stereocenters. The molecule has 0 saturated carbocycles. The first-order chi connectivity index (χ1) is 12.0. The van der Waals surface area contributed by atoms with E-state index < -0.39 is 0 Å². The Labute approximate surface area is 148 Å². The molecule has 3 rings (SSSR count). The van der Waals surface area contributed by atoms with Crippen LogP contribution in [0.2, 0.25) is 0 Å². The van der Waals surface area contributed by atoms with Crippen molar-refractivity contribution in [3.63, 3.8) is 0 Å². The largest absolute Gasteiger partial charge is 0.459 e. The lowest BCUT2D eigenvalue weighted by Crippen LogP contribution is -2.37. The summed E-state index contributed by atoms with van der Waals surface area (Å²) in [7, 11) is 3.96. The molecule has 25 heavy (non-hydrogen) atoms. The zero-order valence-corrected chi connectivity index (χ0v) is 14.8. The Balaban J connectivity index is 1.86. The van der Waals surface area contributed by atoms with Crippen LogP contribution in [0, 0.1) is 0 Å². The van der Waals surface area contributed by atoms with Gasteiger partial charge in [0.05, 0.1) is 12.4 Å². The third-order valence-corrected chi connectivity index (χ3v) is 4.41. The number of benzene rings is 1. The molecule has 1 fully saturated rings. The van der Waals surface area contributed by atoms with E-state index in [-0.39, 0.29) is 12.0 Å². The fourth-order valence-corrected chi connectivity index (χ4v) is 3.18. The summed E-state index contributed by atoms with van der Waals surface area (Å²) < 4.78 is 11.0. The standard InChI is InChI=1S/C19H25N3O3/c1-21(2)17-8-7-15(20)11-14(17)12-22(13-16-5-3-9-24-16)19(23)18-6-4-10-25-18/h4,6-8,10-11,16H,3,5,9,12-13,20H2,1-2H3/t16-/m1/s1. The van der Waals surface area contributed by atoms with Crippen LogP contribution in [0.1, 0.15) is 29.0 Å². The molecule has 1 amide bonds. The topological polar surface area (TPSA) is 71.9 Å². The summed E-state index contributed by atoms with van der Waals surface area (Å²) in [4.78, 5) is 16.7. The van der Waals surface area contributed by atoms with E-state index in [2.05, 4.69) is 0 Å². The van der Waals surface area contributed by atoms with Crippen molar-refractivity contribution in [1.82, 2.24) is 4.90 Å². The molecule has 6 nitrogen and oxygen atoms in total. The van der Waals surface area contributed by atoms with Crippen LogP contribution in [-0.4, -0.2) is 44.2 Å². The minimum atomic E-state index is -0.132. The van der Waals surface area contributed by atoms with Crippen LogP contribution in [0.3, 0.4) is 0 Å². The molecule has 1 saturated heterocycles. The van der Waals surface area contributed by atoms with E-state index >= 15 is 0 Å². The average molecular weight is 343 g/mol. The second-order valence-electron chi connectivity index (χ2n) is 6.58. The van der Waals surface area contributed by atoms with Crippen LogP contribution in [0.4, 0.5) is 11.4 Å². The molecule has 0 spiro atoms. The highest BCUT2D eigenvalue weighted by Gasteiger charge is 2.25. The number of nitrogens with zero attached hydrogens (tertiary/aromatic N) is 2. The first-order valence-electron chi connectivity index (χ1n) is 8.54. The zero-order valence-electron chi connectivity index (χ0n) is 14.8. The Morgan fingerprint density at radius 2 is 2.16 bits per heavy atom. The van der Waals surface area contributed by atoms with Gasteiger partial charge in [-0.3, -0.25) is 4.79 Å². The van der Waals surface area contributed by atoms with Crippen LogP contribution in [0.15, 0.2) is 41.0 Å². The number of anilines is 2. The molecule has 1 aromatic carbocycles. The molecule has 0 unspecified atom stereocenters. The van der Waals surface area contributed by atoms with E-state index in [1.54, 1.807) is 17.0 Å². The van der Waals surface area contributed by atoms with Crippen molar-refractivity contribution < 1.29 is 13.9 Å². The number of amides is 1. The van der Waals surface area contributed by atoms with E-state index in [9.17, 15) is 4.79 Å². The quantitative estimate of drug-likeness (QED) is 0.817. The third-order valence-electron chi connectivity index (χ3n) is 4.41. The van der Waals surface area contributed by atoms with Crippen molar-refractivity contribution in [3.8, 4) is 0 Å². The van der Waals surface area contributed by atoms with Crippen molar-refractivity contribution in [2.45, 2.75) is 25.5 Å². The van der Waals surface area contributed by atoms with Crippen LogP contribution in [0.5, 0.6) is 0 Å². The number of rotatable bonds is 6. The first-order valence-corrected chi connectivity index (χ1v) is 8.54. The van der Waals surface area contributed by atoms with E-state index in [0.717, 1.165) is 30.7 Å². The number of carbonyl (C=O) groups is 1. The number of hydrogen-bond acceptors (Lipinski definition) is 5. The summed E-state index contributed by atoms with van der Waals surface area (Å²) in [6, 6.07) is 9.19. The molecule has 1 aromatic heterocycles. The van der Waals surface area contributed by atoms with Gasteiger partial charge in [0.25, 0.3) is 5.91 Å². The molecular formula is C19H25N3O3. The van der Waals surface area contributed by atoms with Gasteiger partial charge in [0.2, 0.25) is 0 Å². The highest BCUT2D eigenvalue weighted by atomic mass is 16.5. The van der Waals surface area contributed by atoms with E-state index in [0.29, 0.717) is 24.5 Å². The van der Waals surface area contributed by atoms with E-state index in [1.807, 2.05) is 37.2 Å². The lowest BCUT2D eigenvalue weighted by Gasteiger charge is -2.27. The second kappa shape index (κ2) is 7.61. The van der Waals surface area contributed by atoms with Gasteiger partial charge in [-0.2, -0.15) is 0 Å². The molecule has 6 heteroatoms. The van der Waals surface area contributed by atoms with Crippen LogP contribution in [-0.2, 0) is 11.3 Å². The van der Waals surface area contributed by atoms with Gasteiger partial charge in [0.1, 0.15) is 0 Å². The monoisotopic (exact) mass is 343 g/mol. The summed E-state index contributed by atoms with van der Waals surface area (Å²) in [5.41, 5.74) is 8.70. The minimum Gasteiger partial charge on any atom is -0.459 e. The van der Waals surface area contributed by atoms with Gasteiger partial charge in [0.15, 0.2) is 5.76 Å². The van der Waals surface area contributed by atoms with Crippen molar-refractivity contribution in [2.24, 2.45) is 0 Å². The molecule has 0 bridgehead atoms. The Kier molecular flexibility index (Phi) is 5.28. The number of nitrogen functional groups attached to an aromatic ring is 1. The Hall–Kier alpha value is -2.47. The molecule has 2 heterocycles. The first kappa shape index (κ1) is 17.4. The Morgan fingerprint density at radius 3 is 2.80 bits per heavy atom. The highest BCUT2D eigenvalue weighted by molar-refractivity contribution is 5.91. The van der Waals surface area contributed by atoms with Crippen LogP contribution < -0.4 is 10.6 Å². The summed E-state index contributed by atoms with van der Waals surface area (Å²) in [6.07, 6.45) is 3.60. The number of carbonyl (C=O) groups excluding carboxylic acids is 1. The lowest BCUT2D eigenvalue weighted by molar-refractivity contribution is 0.0484. The summed E-state index contributed by atoms with van der Waals surface area (Å²) >= 11 is 0. The molecular weight excluding hydrogens is 318 g/mol. The van der Waals surface area contributed by atoms with Gasteiger partial charge in [0, 0.05) is 45.2 Å². The molecule has 2 aromatic rings. The molecule has 2 N–H and O–H groups in total. The summed E-state index contributed by atoms with van der Waals surface area (Å²) in [5.74, 6) is 0.209. The average Bonchev–Trinajstić information content (AvgIpc) is 3.27. The van der Waals surface area contributed by atoms with Gasteiger partial charge in [-0.1, -0.05) is 0 Å². The predicted octanol–water partition coefficient (Wildman–Crippen LogP) is 2.75. The van der Waals surface area contributed by atoms with Gasteiger partial charge < -0.3 is 24.7 Å².